The van der Waals surface area contributed by atoms with Crippen LogP contribution in [0.15, 0.2) is 10.6 Å². The molecule has 1 aliphatic rings. The van der Waals surface area contributed by atoms with Gasteiger partial charge in [-0.2, -0.15) is 21.7 Å². The highest BCUT2D eigenvalue weighted by Gasteiger charge is 2.29. The van der Waals surface area contributed by atoms with Gasteiger partial charge in [0.15, 0.2) is 5.82 Å². The Morgan fingerprint density at radius 3 is 2.91 bits per heavy atom. The van der Waals surface area contributed by atoms with Gasteiger partial charge in [-0.3, -0.25) is 0 Å². The number of nitrogens with one attached hydrogen (secondary N) is 1. The van der Waals surface area contributed by atoms with Crippen molar-refractivity contribution in [2.24, 2.45) is 5.73 Å². The van der Waals surface area contributed by atoms with Gasteiger partial charge in [0.25, 0.3) is 0 Å². The van der Waals surface area contributed by atoms with Crippen LogP contribution in [0.5, 0.6) is 0 Å². The Morgan fingerprint density at radius 1 is 1.36 bits per heavy atom. The second-order valence-electron chi connectivity index (χ2n) is 5.36. The third-order valence-corrected chi connectivity index (χ3v) is 4.11. The number of thioether (sulfide) groups is 1. The average molecular weight is 321 g/mol. The predicted molar refractivity (Wildman–Crippen MR) is 85.2 cm³/mol. The molecular weight excluding hydrogens is 302 g/mol. The molecule has 0 amide bonds. The van der Waals surface area contributed by atoms with Crippen molar-refractivity contribution in [1.29, 1.82) is 0 Å². The summed E-state index contributed by atoms with van der Waals surface area (Å²) in [5.74, 6) is 3.24. The summed E-state index contributed by atoms with van der Waals surface area (Å²) >= 11 is 1.65. The van der Waals surface area contributed by atoms with Gasteiger partial charge in [-0.25, -0.2) is 4.98 Å². The highest BCUT2D eigenvalue weighted by atomic mass is 32.2. The van der Waals surface area contributed by atoms with Gasteiger partial charge in [-0.1, -0.05) is 5.16 Å². The van der Waals surface area contributed by atoms with Crippen molar-refractivity contribution in [1.82, 2.24) is 20.1 Å². The Labute approximate surface area is 132 Å². The molecule has 22 heavy (non-hydrogen) atoms. The lowest BCUT2D eigenvalue weighted by atomic mass is 9.78. The summed E-state index contributed by atoms with van der Waals surface area (Å²) < 4.78 is 5.17. The van der Waals surface area contributed by atoms with Gasteiger partial charge in [0.1, 0.15) is 5.82 Å². The van der Waals surface area contributed by atoms with Crippen molar-refractivity contribution < 1.29 is 4.52 Å². The molecule has 8 nitrogen and oxygen atoms in total. The van der Waals surface area contributed by atoms with Gasteiger partial charge in [0, 0.05) is 18.0 Å². The van der Waals surface area contributed by atoms with Gasteiger partial charge in [-0.15, -0.1) is 0 Å². The fraction of sp³-hybridized carbons (Fsp3) is 0.538. The highest BCUT2D eigenvalue weighted by molar-refractivity contribution is 7.97. The summed E-state index contributed by atoms with van der Waals surface area (Å²) in [7, 11) is 0. The van der Waals surface area contributed by atoms with E-state index >= 15 is 0 Å². The monoisotopic (exact) mass is 321 g/mol. The molecule has 118 valence electrons. The molecule has 9 heteroatoms. The number of hydrogen-bond donors (Lipinski definition) is 3. The maximum atomic E-state index is 5.82. The Kier molecular flexibility index (Phi) is 4.44. The van der Waals surface area contributed by atoms with E-state index in [1.807, 2.05) is 12.3 Å². The van der Waals surface area contributed by atoms with Crippen molar-refractivity contribution in [3.05, 3.63) is 23.5 Å². The second-order valence-corrected chi connectivity index (χ2v) is 6.22. The van der Waals surface area contributed by atoms with Gasteiger partial charge in [0.2, 0.25) is 11.8 Å². The zero-order valence-electron chi connectivity index (χ0n) is 12.3. The quantitative estimate of drug-likeness (QED) is 0.716. The first-order valence-electron chi connectivity index (χ1n) is 7.08. The number of nitrogens with zero attached hydrogens (tertiary/aromatic N) is 4. The second kappa shape index (κ2) is 6.49. The summed E-state index contributed by atoms with van der Waals surface area (Å²) in [6, 6.07) is 2.18. The molecule has 0 aliphatic heterocycles. The molecule has 0 saturated heterocycles. The van der Waals surface area contributed by atoms with E-state index in [-0.39, 0.29) is 12.0 Å². The first kappa shape index (κ1) is 15.0. The minimum absolute atomic E-state index is 0.258. The summed E-state index contributed by atoms with van der Waals surface area (Å²) in [4.78, 5) is 12.8. The fourth-order valence-corrected chi connectivity index (χ4v) is 2.78. The van der Waals surface area contributed by atoms with Gasteiger partial charge >= 0.3 is 0 Å². The first-order chi connectivity index (χ1) is 10.6. The van der Waals surface area contributed by atoms with Crippen molar-refractivity contribution in [3.8, 4) is 0 Å². The van der Waals surface area contributed by atoms with Crippen LogP contribution in [0.2, 0.25) is 0 Å². The number of rotatable bonds is 6. The fourth-order valence-electron chi connectivity index (χ4n) is 2.40. The molecule has 0 aromatic carbocycles. The lowest BCUT2D eigenvalue weighted by Gasteiger charge is -2.32. The third kappa shape index (κ3) is 3.47. The summed E-state index contributed by atoms with van der Waals surface area (Å²) in [6.45, 7) is 0.404. The van der Waals surface area contributed by atoms with Crippen LogP contribution in [-0.4, -0.2) is 32.4 Å². The van der Waals surface area contributed by atoms with E-state index in [0.29, 0.717) is 30.0 Å². The maximum Gasteiger partial charge on any atom is 0.246 e. The van der Waals surface area contributed by atoms with Crippen molar-refractivity contribution >= 4 is 23.5 Å². The van der Waals surface area contributed by atoms with Crippen molar-refractivity contribution in [3.63, 3.8) is 0 Å². The van der Waals surface area contributed by atoms with Crippen LogP contribution in [0.3, 0.4) is 0 Å². The van der Waals surface area contributed by atoms with Crippen LogP contribution in [0.4, 0.5) is 11.8 Å². The molecule has 1 saturated carbocycles. The molecular formula is C13H19N7OS. The standard InChI is InChI=1S/C13H19N7OS/c1-22-6-11-18-12(21-20-11)5-16-10-4-9(17-13(15)19-10)7-2-8(14)3-7/h4,7-8H,2-3,5-6,14H2,1H3,(H3,15,16,17,19). The Balaban J connectivity index is 1.64. The Bertz CT molecular complexity index is 641. The highest BCUT2D eigenvalue weighted by Crippen LogP contribution is 2.35. The molecule has 0 bridgehead atoms. The molecule has 5 N–H and O–H groups in total. The largest absolute Gasteiger partial charge is 0.368 e. The zero-order valence-corrected chi connectivity index (χ0v) is 13.1. The molecule has 0 spiro atoms. The Hall–Kier alpha value is -1.87. The van der Waals surface area contributed by atoms with Gasteiger partial charge in [-0.05, 0) is 19.1 Å². The number of hydrogen-bond acceptors (Lipinski definition) is 9. The number of nitrogen functional groups attached to an aromatic ring is 1. The van der Waals surface area contributed by atoms with E-state index < -0.39 is 0 Å². The maximum absolute atomic E-state index is 5.82. The summed E-state index contributed by atoms with van der Waals surface area (Å²) in [5.41, 5.74) is 12.5. The van der Waals surface area contributed by atoms with Crippen molar-refractivity contribution in [2.75, 3.05) is 17.3 Å². The predicted octanol–water partition coefficient (Wildman–Crippen LogP) is 1.12. The first-order valence-corrected chi connectivity index (χ1v) is 8.47. The van der Waals surface area contributed by atoms with E-state index in [2.05, 4.69) is 25.4 Å². The molecule has 2 aromatic rings. The molecule has 2 aromatic heterocycles. The molecule has 3 rings (SSSR count). The zero-order chi connectivity index (χ0) is 15.5. The summed E-state index contributed by atoms with van der Waals surface area (Å²) in [5, 5.41) is 7.04. The van der Waals surface area contributed by atoms with Crippen molar-refractivity contribution in [2.45, 2.75) is 37.1 Å². The number of aromatic nitrogens is 4. The number of nitrogens with two attached hydrogens (primary N) is 2. The molecule has 1 fully saturated rings. The van der Waals surface area contributed by atoms with E-state index in [0.717, 1.165) is 24.3 Å². The Morgan fingerprint density at radius 2 is 2.18 bits per heavy atom. The molecule has 0 atom stereocenters. The molecule has 2 heterocycles. The van der Waals surface area contributed by atoms with Crippen LogP contribution in [0.1, 0.15) is 36.2 Å². The van der Waals surface area contributed by atoms with Crippen LogP contribution in [0.25, 0.3) is 0 Å². The van der Waals surface area contributed by atoms with Crippen LogP contribution < -0.4 is 16.8 Å². The molecule has 0 radical (unpaired) electrons. The van der Waals surface area contributed by atoms with E-state index in [9.17, 15) is 0 Å². The lowest BCUT2D eigenvalue weighted by Crippen LogP contribution is -2.35. The van der Waals surface area contributed by atoms with Crippen LogP contribution in [-0.2, 0) is 12.3 Å². The summed E-state index contributed by atoms with van der Waals surface area (Å²) in [6.07, 6.45) is 3.88. The minimum atomic E-state index is 0.258. The van der Waals surface area contributed by atoms with Gasteiger partial charge < -0.3 is 21.3 Å². The van der Waals surface area contributed by atoms with Crippen LogP contribution in [0, 0.1) is 0 Å². The topological polar surface area (TPSA) is 129 Å². The van der Waals surface area contributed by atoms with Gasteiger partial charge in [0.05, 0.1) is 18.0 Å². The molecule has 1 aliphatic carbocycles. The smallest absolute Gasteiger partial charge is 0.246 e. The molecule has 0 unspecified atom stereocenters. The average Bonchev–Trinajstić information content (AvgIpc) is 2.89. The minimum Gasteiger partial charge on any atom is -0.368 e. The normalized spacial score (nSPS) is 20.6. The van der Waals surface area contributed by atoms with E-state index in [1.165, 1.54) is 0 Å². The third-order valence-electron chi connectivity index (χ3n) is 3.56. The van der Waals surface area contributed by atoms with Crippen LogP contribution >= 0.6 is 11.8 Å². The van der Waals surface area contributed by atoms with E-state index in [1.54, 1.807) is 11.8 Å². The number of anilines is 2. The lowest BCUT2D eigenvalue weighted by molar-refractivity contribution is 0.345. The van der Waals surface area contributed by atoms with E-state index in [4.69, 9.17) is 16.0 Å². The SMILES string of the molecule is CSCc1noc(CNc2cc(C3CC(N)C3)nc(N)n2)n1.